The second-order valence-corrected chi connectivity index (χ2v) is 8.34. The van der Waals surface area contributed by atoms with Crippen LogP contribution in [0.25, 0.3) is 0 Å². The van der Waals surface area contributed by atoms with Gasteiger partial charge < -0.3 is 21.1 Å². The van der Waals surface area contributed by atoms with Crippen molar-refractivity contribution in [1.29, 1.82) is 0 Å². The molecule has 0 aromatic heterocycles. The molecule has 3 rings (SSSR count). The second-order valence-electron chi connectivity index (χ2n) is 7.32. The number of para-hydroxylation sites is 1. The van der Waals surface area contributed by atoms with Crippen molar-refractivity contribution in [3.8, 4) is 5.75 Å². The summed E-state index contributed by atoms with van der Waals surface area (Å²) in [5, 5.41) is 5.06. The van der Waals surface area contributed by atoms with Crippen LogP contribution in [0, 0.1) is 0 Å². The summed E-state index contributed by atoms with van der Waals surface area (Å²) in [7, 11) is 0. The zero-order valence-electron chi connectivity index (χ0n) is 17.6. The lowest BCUT2D eigenvalue weighted by molar-refractivity contribution is -0.274. The number of hydrogen-bond donors (Lipinski definition) is 3. The zero-order chi connectivity index (χ0) is 25.1. The first-order valence-electron chi connectivity index (χ1n) is 9.69. The highest BCUT2D eigenvalue weighted by Crippen LogP contribution is 2.32. The van der Waals surface area contributed by atoms with E-state index in [2.05, 4.69) is 15.4 Å². The van der Waals surface area contributed by atoms with Crippen molar-refractivity contribution < 1.29 is 37.1 Å². The predicted octanol–water partition coefficient (Wildman–Crippen LogP) is 2.57. The van der Waals surface area contributed by atoms with E-state index in [0.29, 0.717) is 15.5 Å². The molecule has 1 fully saturated rings. The van der Waals surface area contributed by atoms with Gasteiger partial charge in [0.25, 0.3) is 5.91 Å². The number of benzene rings is 2. The van der Waals surface area contributed by atoms with Gasteiger partial charge in [0.15, 0.2) is 0 Å². The van der Waals surface area contributed by atoms with Gasteiger partial charge in [-0.2, -0.15) is 0 Å². The first-order valence-corrected chi connectivity index (χ1v) is 10.7. The maximum absolute atomic E-state index is 13.0. The predicted molar refractivity (Wildman–Crippen MR) is 116 cm³/mol. The van der Waals surface area contributed by atoms with Crippen molar-refractivity contribution in [3.63, 3.8) is 0 Å². The number of ether oxygens (including phenoxy) is 1. The summed E-state index contributed by atoms with van der Waals surface area (Å²) in [5.41, 5.74) is 4.13. The van der Waals surface area contributed by atoms with Crippen molar-refractivity contribution in [2.75, 3.05) is 17.6 Å². The lowest BCUT2D eigenvalue weighted by Crippen LogP contribution is -2.42. The maximum atomic E-state index is 13.0. The highest BCUT2D eigenvalue weighted by molar-refractivity contribution is 8.00. The number of imide groups is 1. The number of nitrogens with one attached hydrogen (secondary N) is 2. The number of nitrogens with zero attached hydrogens (tertiary/aromatic N) is 1. The van der Waals surface area contributed by atoms with E-state index in [1.807, 2.05) is 0 Å². The SMILES string of the molecule is CC1(c2ccc(OC(F)(F)F)cc2)NC(=O)N(CC(=O)Nc2ccccc2SCC(N)=O)C1=O. The number of alkyl halides is 3. The lowest BCUT2D eigenvalue weighted by atomic mass is 9.92. The van der Waals surface area contributed by atoms with Crippen molar-refractivity contribution >= 4 is 41.2 Å². The van der Waals surface area contributed by atoms with Crippen molar-refractivity contribution in [2.24, 2.45) is 5.73 Å². The number of carbonyl (C=O) groups excluding carboxylic acids is 4. The average molecular weight is 496 g/mol. The molecule has 13 heteroatoms. The van der Waals surface area contributed by atoms with Crippen LogP contribution >= 0.6 is 11.8 Å². The molecule has 0 bridgehead atoms. The number of halogens is 3. The third-order valence-corrected chi connectivity index (χ3v) is 5.87. The van der Waals surface area contributed by atoms with E-state index in [9.17, 15) is 32.3 Å². The molecular formula is C21H19F3N4O5S. The van der Waals surface area contributed by atoms with E-state index in [-0.39, 0.29) is 11.3 Å². The first kappa shape index (κ1) is 24.9. The standard InChI is InChI=1S/C21H19F3N4O5S/c1-20(12-6-8-13(9-7-12)33-21(22,23)24)18(31)28(19(32)27-20)10-17(30)26-14-4-2-3-5-15(14)34-11-16(25)29/h2-9H,10-11H2,1H3,(H2,25,29)(H,26,30)(H,27,32). The van der Waals surface area contributed by atoms with E-state index in [4.69, 9.17) is 5.73 Å². The molecule has 1 saturated heterocycles. The van der Waals surface area contributed by atoms with E-state index in [1.165, 1.54) is 19.1 Å². The van der Waals surface area contributed by atoms with Crippen LogP contribution in [0.1, 0.15) is 12.5 Å². The van der Waals surface area contributed by atoms with Crippen LogP contribution in [0.3, 0.4) is 0 Å². The zero-order valence-corrected chi connectivity index (χ0v) is 18.5. The number of rotatable bonds is 8. The Bertz CT molecular complexity index is 1130. The summed E-state index contributed by atoms with van der Waals surface area (Å²) in [6, 6.07) is 10.2. The molecule has 1 atom stereocenters. The average Bonchev–Trinajstić information content (AvgIpc) is 2.96. The van der Waals surface area contributed by atoms with Crippen molar-refractivity contribution in [1.82, 2.24) is 10.2 Å². The Morgan fingerprint density at radius 1 is 1.15 bits per heavy atom. The van der Waals surface area contributed by atoms with Gasteiger partial charge in [-0.1, -0.05) is 24.3 Å². The number of urea groups is 1. The van der Waals surface area contributed by atoms with E-state index < -0.39 is 47.9 Å². The van der Waals surface area contributed by atoms with Gasteiger partial charge in [-0.3, -0.25) is 19.3 Å². The quantitative estimate of drug-likeness (QED) is 0.380. The molecule has 0 spiro atoms. The van der Waals surface area contributed by atoms with Gasteiger partial charge in [0.2, 0.25) is 11.8 Å². The maximum Gasteiger partial charge on any atom is 0.573 e. The number of nitrogens with two attached hydrogens (primary N) is 1. The van der Waals surface area contributed by atoms with Gasteiger partial charge in [-0.05, 0) is 36.8 Å². The van der Waals surface area contributed by atoms with E-state index in [1.54, 1.807) is 24.3 Å². The largest absolute Gasteiger partial charge is 0.573 e. The molecule has 5 amide bonds. The Kier molecular flexibility index (Phi) is 7.05. The number of hydrogen-bond acceptors (Lipinski definition) is 6. The summed E-state index contributed by atoms with van der Waals surface area (Å²) < 4.78 is 40.9. The van der Waals surface area contributed by atoms with Gasteiger partial charge in [0.05, 0.1) is 11.4 Å². The molecule has 1 heterocycles. The van der Waals surface area contributed by atoms with Crippen LogP contribution in [-0.4, -0.2) is 47.3 Å². The summed E-state index contributed by atoms with van der Waals surface area (Å²) in [5.74, 6) is -2.46. The fourth-order valence-corrected chi connectivity index (χ4v) is 3.95. The minimum Gasteiger partial charge on any atom is -0.406 e. The Labute approximate surface area is 195 Å². The summed E-state index contributed by atoms with van der Waals surface area (Å²) in [6.07, 6.45) is -4.87. The molecule has 0 saturated carbocycles. The van der Waals surface area contributed by atoms with Crippen LogP contribution in [0.2, 0.25) is 0 Å². The Morgan fingerprint density at radius 2 is 1.79 bits per heavy atom. The topological polar surface area (TPSA) is 131 Å². The highest BCUT2D eigenvalue weighted by Gasteiger charge is 2.49. The monoisotopic (exact) mass is 496 g/mol. The molecule has 2 aromatic carbocycles. The van der Waals surface area contributed by atoms with E-state index >= 15 is 0 Å². The number of amides is 5. The molecule has 1 aliphatic heterocycles. The highest BCUT2D eigenvalue weighted by atomic mass is 32.2. The van der Waals surface area contributed by atoms with Crippen LogP contribution < -0.4 is 21.1 Å². The van der Waals surface area contributed by atoms with Crippen LogP contribution in [-0.2, 0) is 19.9 Å². The fraction of sp³-hybridized carbons (Fsp3) is 0.238. The molecule has 4 N–H and O–H groups in total. The Balaban J connectivity index is 1.70. The van der Waals surface area contributed by atoms with Crippen LogP contribution in [0.15, 0.2) is 53.4 Å². The van der Waals surface area contributed by atoms with Gasteiger partial charge in [-0.15, -0.1) is 24.9 Å². The molecule has 2 aromatic rings. The molecule has 1 aliphatic rings. The molecule has 0 radical (unpaired) electrons. The normalized spacial score (nSPS) is 17.9. The molecule has 9 nitrogen and oxygen atoms in total. The second kappa shape index (κ2) is 9.63. The van der Waals surface area contributed by atoms with E-state index in [0.717, 1.165) is 23.9 Å². The molecular weight excluding hydrogens is 477 g/mol. The summed E-state index contributed by atoms with van der Waals surface area (Å²) in [4.78, 5) is 50.3. The number of carbonyl (C=O) groups is 4. The number of anilines is 1. The van der Waals surface area contributed by atoms with Gasteiger partial charge in [-0.25, -0.2) is 4.79 Å². The Morgan fingerprint density at radius 3 is 2.41 bits per heavy atom. The van der Waals surface area contributed by atoms with Crippen molar-refractivity contribution in [2.45, 2.75) is 23.7 Å². The number of primary amides is 1. The van der Waals surface area contributed by atoms with Crippen LogP contribution in [0.4, 0.5) is 23.7 Å². The molecule has 180 valence electrons. The lowest BCUT2D eigenvalue weighted by Gasteiger charge is -2.22. The van der Waals surface area contributed by atoms with Gasteiger partial charge in [0, 0.05) is 4.90 Å². The van der Waals surface area contributed by atoms with Gasteiger partial charge in [0.1, 0.15) is 17.8 Å². The third-order valence-electron chi connectivity index (χ3n) is 4.77. The van der Waals surface area contributed by atoms with Gasteiger partial charge >= 0.3 is 12.4 Å². The molecule has 1 unspecified atom stereocenters. The Hall–Kier alpha value is -3.74. The minimum absolute atomic E-state index is 0.00887. The molecule has 34 heavy (non-hydrogen) atoms. The summed E-state index contributed by atoms with van der Waals surface area (Å²) >= 11 is 1.11. The van der Waals surface area contributed by atoms with Crippen molar-refractivity contribution in [3.05, 3.63) is 54.1 Å². The number of thioether (sulfide) groups is 1. The fourth-order valence-electron chi connectivity index (χ4n) is 3.20. The van der Waals surface area contributed by atoms with Crippen LogP contribution in [0.5, 0.6) is 5.75 Å². The third kappa shape index (κ3) is 5.78. The smallest absolute Gasteiger partial charge is 0.406 e. The summed E-state index contributed by atoms with van der Waals surface area (Å²) in [6.45, 7) is 0.769. The first-order chi connectivity index (χ1) is 15.9. The molecule has 0 aliphatic carbocycles. The minimum atomic E-state index is -4.87.